The Morgan fingerprint density at radius 2 is 2.00 bits per heavy atom. The summed E-state index contributed by atoms with van der Waals surface area (Å²) in [5.41, 5.74) is 4.56. The van der Waals surface area contributed by atoms with E-state index < -0.39 is 0 Å². The van der Waals surface area contributed by atoms with Crippen molar-refractivity contribution in [2.24, 2.45) is 0 Å². The average molecular weight is 403 g/mol. The van der Waals surface area contributed by atoms with E-state index in [0.717, 1.165) is 29.8 Å². The fraction of sp³-hybridized carbons (Fsp3) is 0.375. The van der Waals surface area contributed by atoms with Crippen LogP contribution in [0, 0.1) is 0 Å². The van der Waals surface area contributed by atoms with Crippen LogP contribution in [0.15, 0.2) is 47.0 Å². The Morgan fingerprint density at radius 1 is 1.13 bits per heavy atom. The first-order chi connectivity index (χ1) is 14.7. The van der Waals surface area contributed by atoms with Crippen LogP contribution in [-0.4, -0.2) is 29.2 Å². The molecular formula is C24H25N3O3. The van der Waals surface area contributed by atoms with Crippen LogP contribution in [-0.2, 0) is 17.6 Å². The molecule has 154 valence electrons. The summed E-state index contributed by atoms with van der Waals surface area (Å²) in [6.45, 7) is 3.08. The number of para-hydroxylation sites is 1. The van der Waals surface area contributed by atoms with Crippen molar-refractivity contribution >= 4 is 11.6 Å². The summed E-state index contributed by atoms with van der Waals surface area (Å²) in [5.74, 6) is 1.76. The maximum absolute atomic E-state index is 12.9. The topological polar surface area (TPSA) is 68.5 Å². The van der Waals surface area contributed by atoms with E-state index in [2.05, 4.69) is 28.3 Å². The fourth-order valence-electron chi connectivity index (χ4n) is 4.56. The maximum Gasteiger partial charge on any atom is 0.232 e. The second-order valence-corrected chi connectivity index (χ2v) is 7.91. The number of amides is 1. The van der Waals surface area contributed by atoms with Gasteiger partial charge in [-0.1, -0.05) is 29.4 Å². The molecule has 30 heavy (non-hydrogen) atoms. The molecule has 0 N–H and O–H groups in total. The van der Waals surface area contributed by atoms with Gasteiger partial charge >= 0.3 is 0 Å². The summed E-state index contributed by atoms with van der Waals surface area (Å²) >= 11 is 0. The molecule has 2 aliphatic rings. The summed E-state index contributed by atoms with van der Waals surface area (Å²) in [6.07, 6.45) is 4.93. The standard InChI is InChI=1S/C24H25N3O3/c1-2-29-21-13-6-5-11-19(21)23-25-24(30-26-23)17-14-22(28)27(15-17)20-12-7-9-16-8-3-4-10-18(16)20/h5-7,9,11-13,17H,2-4,8,10,14-15H2,1H3. The molecule has 1 fully saturated rings. The number of hydrogen-bond donors (Lipinski definition) is 0. The van der Waals surface area contributed by atoms with Gasteiger partial charge in [-0.15, -0.1) is 0 Å². The van der Waals surface area contributed by atoms with Crippen molar-refractivity contribution in [2.45, 2.75) is 44.9 Å². The molecule has 1 aromatic heterocycles. The van der Waals surface area contributed by atoms with E-state index in [1.165, 1.54) is 24.0 Å². The molecule has 0 spiro atoms. The predicted molar refractivity (Wildman–Crippen MR) is 114 cm³/mol. The van der Waals surface area contributed by atoms with Crippen molar-refractivity contribution in [1.29, 1.82) is 0 Å². The van der Waals surface area contributed by atoms with E-state index in [4.69, 9.17) is 9.26 Å². The Labute approximate surface area is 175 Å². The van der Waals surface area contributed by atoms with Gasteiger partial charge in [0.1, 0.15) is 5.75 Å². The number of anilines is 1. The van der Waals surface area contributed by atoms with E-state index in [9.17, 15) is 4.79 Å². The number of rotatable bonds is 5. The fourth-order valence-corrected chi connectivity index (χ4v) is 4.56. The molecular weight excluding hydrogens is 378 g/mol. The smallest absolute Gasteiger partial charge is 0.232 e. The summed E-state index contributed by atoms with van der Waals surface area (Å²) in [7, 11) is 0. The normalized spacial score (nSPS) is 18.5. The van der Waals surface area contributed by atoms with Gasteiger partial charge in [0.2, 0.25) is 17.6 Å². The van der Waals surface area contributed by atoms with Crippen molar-refractivity contribution in [3.8, 4) is 17.1 Å². The molecule has 1 amide bonds. The van der Waals surface area contributed by atoms with Crippen LogP contribution in [0.4, 0.5) is 5.69 Å². The molecule has 1 saturated heterocycles. The van der Waals surface area contributed by atoms with Crippen molar-refractivity contribution in [1.82, 2.24) is 10.1 Å². The van der Waals surface area contributed by atoms with Gasteiger partial charge in [0.05, 0.1) is 18.1 Å². The Bertz CT molecular complexity index is 1080. The third-order valence-electron chi connectivity index (χ3n) is 6.01. The first kappa shape index (κ1) is 18.9. The molecule has 0 radical (unpaired) electrons. The minimum absolute atomic E-state index is 0.0996. The molecule has 6 nitrogen and oxygen atoms in total. The lowest BCUT2D eigenvalue weighted by molar-refractivity contribution is -0.117. The van der Waals surface area contributed by atoms with Crippen LogP contribution in [0.1, 0.15) is 49.1 Å². The van der Waals surface area contributed by atoms with E-state index in [1.54, 1.807) is 0 Å². The van der Waals surface area contributed by atoms with Gasteiger partial charge in [0.15, 0.2) is 0 Å². The molecule has 1 aliphatic carbocycles. The molecule has 2 aromatic carbocycles. The number of carbonyl (C=O) groups is 1. The zero-order chi connectivity index (χ0) is 20.5. The van der Waals surface area contributed by atoms with Crippen molar-refractivity contribution in [2.75, 3.05) is 18.1 Å². The van der Waals surface area contributed by atoms with Crippen LogP contribution < -0.4 is 9.64 Å². The van der Waals surface area contributed by atoms with Crippen LogP contribution in [0.3, 0.4) is 0 Å². The van der Waals surface area contributed by atoms with Crippen molar-refractivity contribution in [3.05, 3.63) is 59.5 Å². The minimum atomic E-state index is -0.0996. The van der Waals surface area contributed by atoms with E-state index >= 15 is 0 Å². The molecule has 0 saturated carbocycles. The Kier molecular flexibility index (Phi) is 4.99. The second kappa shape index (κ2) is 7.94. The monoisotopic (exact) mass is 403 g/mol. The number of benzene rings is 2. The number of hydrogen-bond acceptors (Lipinski definition) is 5. The van der Waals surface area contributed by atoms with Gasteiger partial charge in [0.25, 0.3) is 0 Å². The lowest BCUT2D eigenvalue weighted by Crippen LogP contribution is -2.26. The zero-order valence-electron chi connectivity index (χ0n) is 17.1. The Morgan fingerprint density at radius 3 is 2.90 bits per heavy atom. The first-order valence-corrected chi connectivity index (χ1v) is 10.7. The van der Waals surface area contributed by atoms with Crippen LogP contribution in [0.2, 0.25) is 0 Å². The highest BCUT2D eigenvalue weighted by Crippen LogP contribution is 2.37. The van der Waals surface area contributed by atoms with Crippen LogP contribution in [0.25, 0.3) is 11.4 Å². The molecule has 2 heterocycles. The summed E-state index contributed by atoms with van der Waals surface area (Å²) in [4.78, 5) is 19.4. The van der Waals surface area contributed by atoms with E-state index in [0.29, 0.717) is 31.3 Å². The van der Waals surface area contributed by atoms with E-state index in [-0.39, 0.29) is 11.8 Å². The number of fused-ring (bicyclic) bond motifs is 1. The molecule has 5 rings (SSSR count). The van der Waals surface area contributed by atoms with Crippen molar-refractivity contribution in [3.63, 3.8) is 0 Å². The number of nitrogens with zero attached hydrogens (tertiary/aromatic N) is 3. The number of aromatic nitrogens is 2. The third kappa shape index (κ3) is 3.36. The minimum Gasteiger partial charge on any atom is -0.493 e. The lowest BCUT2D eigenvalue weighted by atomic mass is 9.90. The van der Waals surface area contributed by atoms with Gasteiger partial charge in [-0.25, -0.2) is 0 Å². The quantitative estimate of drug-likeness (QED) is 0.626. The SMILES string of the molecule is CCOc1ccccc1-c1noc(C2CC(=O)N(c3cccc4c3CCCC4)C2)n1. The van der Waals surface area contributed by atoms with Gasteiger partial charge in [-0.05, 0) is 61.9 Å². The van der Waals surface area contributed by atoms with Crippen LogP contribution in [0.5, 0.6) is 5.75 Å². The summed E-state index contributed by atoms with van der Waals surface area (Å²) < 4.78 is 11.3. The molecule has 1 unspecified atom stereocenters. The number of carbonyl (C=O) groups excluding carboxylic acids is 1. The predicted octanol–water partition coefficient (Wildman–Crippen LogP) is 4.53. The molecule has 3 aromatic rings. The average Bonchev–Trinajstić information content (AvgIpc) is 3.41. The summed E-state index contributed by atoms with van der Waals surface area (Å²) in [5, 5.41) is 4.17. The lowest BCUT2D eigenvalue weighted by Gasteiger charge is -2.25. The van der Waals surface area contributed by atoms with Crippen molar-refractivity contribution < 1.29 is 14.1 Å². The third-order valence-corrected chi connectivity index (χ3v) is 6.01. The second-order valence-electron chi connectivity index (χ2n) is 7.91. The first-order valence-electron chi connectivity index (χ1n) is 10.7. The number of aryl methyl sites for hydroxylation is 1. The van der Waals surface area contributed by atoms with Gasteiger partial charge in [0, 0.05) is 18.7 Å². The molecule has 1 atom stereocenters. The Balaban J connectivity index is 1.40. The molecule has 0 bridgehead atoms. The Hall–Kier alpha value is -3.15. The highest BCUT2D eigenvalue weighted by atomic mass is 16.5. The number of ether oxygens (including phenoxy) is 1. The zero-order valence-corrected chi connectivity index (χ0v) is 17.1. The molecule has 6 heteroatoms. The van der Waals surface area contributed by atoms with E-state index in [1.807, 2.05) is 36.1 Å². The van der Waals surface area contributed by atoms with Gasteiger partial charge in [-0.2, -0.15) is 4.98 Å². The van der Waals surface area contributed by atoms with Gasteiger partial charge in [-0.3, -0.25) is 4.79 Å². The molecule has 1 aliphatic heterocycles. The summed E-state index contributed by atoms with van der Waals surface area (Å²) in [6, 6.07) is 14.0. The largest absolute Gasteiger partial charge is 0.493 e. The van der Waals surface area contributed by atoms with Gasteiger partial charge < -0.3 is 14.2 Å². The highest BCUT2D eigenvalue weighted by molar-refractivity contribution is 5.97. The van der Waals surface area contributed by atoms with Crippen LogP contribution >= 0.6 is 0 Å². The maximum atomic E-state index is 12.9. The highest BCUT2D eigenvalue weighted by Gasteiger charge is 2.36.